The summed E-state index contributed by atoms with van der Waals surface area (Å²) in [5.74, 6) is -0.267. The lowest BCUT2D eigenvalue weighted by Gasteiger charge is -2.18. The van der Waals surface area contributed by atoms with Crippen LogP contribution in [0.25, 0.3) is 0 Å². The van der Waals surface area contributed by atoms with Crippen molar-refractivity contribution >= 4 is 35.0 Å². The van der Waals surface area contributed by atoms with Gasteiger partial charge in [0.05, 0.1) is 0 Å². The van der Waals surface area contributed by atoms with Crippen LogP contribution in [0.4, 0.5) is 11.4 Å². The molecule has 4 nitrogen and oxygen atoms in total. The van der Waals surface area contributed by atoms with E-state index in [0.717, 1.165) is 27.3 Å². The van der Waals surface area contributed by atoms with E-state index in [4.69, 9.17) is 0 Å². The summed E-state index contributed by atoms with van der Waals surface area (Å²) in [6.45, 7) is 3.97. The largest absolute Gasteiger partial charge is 0.325 e. The van der Waals surface area contributed by atoms with E-state index in [1.165, 1.54) is 11.8 Å². The molecule has 2 amide bonds. The Morgan fingerprint density at radius 1 is 0.676 bits per heavy atom. The predicted molar refractivity (Wildman–Crippen MR) is 140 cm³/mol. The Bertz CT molecular complexity index is 1290. The second-order valence-electron chi connectivity index (χ2n) is 8.12. The summed E-state index contributed by atoms with van der Waals surface area (Å²) in [5, 5.41) is 5.54. The SMILES string of the molecule is Cc1ccc(NC(=O)C(Sc2cccc(NC(=O)c3cccc(C)c3)c2)c2ccccc2)cc1. The molecule has 4 aromatic carbocycles. The molecule has 0 saturated carbocycles. The standard InChI is InChI=1S/C29H26N2O2S/c1-20-14-16-24(17-15-20)30-29(33)27(22-9-4-3-5-10-22)34-26-13-7-12-25(19-26)31-28(32)23-11-6-8-21(2)18-23/h3-19,27H,1-2H3,(H,30,33)(H,31,32). The van der Waals surface area contributed by atoms with Gasteiger partial charge in [0, 0.05) is 21.8 Å². The molecule has 0 aliphatic heterocycles. The van der Waals surface area contributed by atoms with E-state index in [9.17, 15) is 9.59 Å². The molecule has 170 valence electrons. The molecule has 5 heteroatoms. The average Bonchev–Trinajstić information content (AvgIpc) is 2.84. The Hall–Kier alpha value is -3.83. The second kappa shape index (κ2) is 10.9. The number of carbonyl (C=O) groups is 2. The highest BCUT2D eigenvalue weighted by Crippen LogP contribution is 2.37. The van der Waals surface area contributed by atoms with Crippen LogP contribution in [0.5, 0.6) is 0 Å². The van der Waals surface area contributed by atoms with Crippen LogP contribution in [0.3, 0.4) is 0 Å². The third kappa shape index (κ3) is 6.15. The number of aryl methyl sites for hydroxylation is 2. The first-order valence-corrected chi connectivity index (χ1v) is 11.9. The lowest BCUT2D eigenvalue weighted by atomic mass is 10.1. The van der Waals surface area contributed by atoms with E-state index >= 15 is 0 Å². The normalized spacial score (nSPS) is 11.5. The quantitative estimate of drug-likeness (QED) is 0.288. The fourth-order valence-corrected chi connectivity index (χ4v) is 4.60. The molecular weight excluding hydrogens is 440 g/mol. The number of amides is 2. The lowest BCUT2D eigenvalue weighted by molar-refractivity contribution is -0.115. The fourth-order valence-electron chi connectivity index (χ4n) is 3.52. The molecule has 4 rings (SSSR count). The summed E-state index contributed by atoms with van der Waals surface area (Å²) in [4.78, 5) is 26.8. The van der Waals surface area contributed by atoms with Crippen molar-refractivity contribution in [3.05, 3.63) is 125 Å². The molecule has 1 atom stereocenters. The molecule has 0 aliphatic rings. The summed E-state index contributed by atoms with van der Waals surface area (Å²) in [6.07, 6.45) is 0. The van der Waals surface area contributed by atoms with Crippen LogP contribution in [0, 0.1) is 13.8 Å². The number of benzene rings is 4. The average molecular weight is 467 g/mol. The summed E-state index contributed by atoms with van der Waals surface area (Å²) < 4.78 is 0. The zero-order chi connectivity index (χ0) is 23.9. The Kier molecular flexibility index (Phi) is 7.45. The Balaban J connectivity index is 1.53. The predicted octanol–water partition coefficient (Wildman–Crippen LogP) is 7.03. The first kappa shape index (κ1) is 23.3. The van der Waals surface area contributed by atoms with Crippen LogP contribution in [0.2, 0.25) is 0 Å². The van der Waals surface area contributed by atoms with Crippen LogP contribution >= 0.6 is 11.8 Å². The first-order valence-electron chi connectivity index (χ1n) is 11.1. The van der Waals surface area contributed by atoms with E-state index in [0.29, 0.717) is 11.3 Å². The van der Waals surface area contributed by atoms with Gasteiger partial charge in [0.1, 0.15) is 5.25 Å². The number of carbonyl (C=O) groups excluding carboxylic acids is 2. The summed E-state index contributed by atoms with van der Waals surface area (Å²) in [5.41, 5.74) is 5.13. The maximum absolute atomic E-state index is 13.3. The molecule has 1 unspecified atom stereocenters. The van der Waals surface area contributed by atoms with Gasteiger partial charge in [-0.15, -0.1) is 11.8 Å². The minimum Gasteiger partial charge on any atom is -0.325 e. The zero-order valence-electron chi connectivity index (χ0n) is 19.1. The summed E-state index contributed by atoms with van der Waals surface area (Å²) in [7, 11) is 0. The lowest BCUT2D eigenvalue weighted by Crippen LogP contribution is -2.19. The molecule has 0 heterocycles. The molecule has 0 aliphatic carbocycles. The maximum atomic E-state index is 13.3. The molecule has 0 radical (unpaired) electrons. The number of rotatable bonds is 7. The number of nitrogens with one attached hydrogen (secondary N) is 2. The third-order valence-corrected chi connectivity index (χ3v) is 6.53. The summed E-state index contributed by atoms with van der Waals surface area (Å²) >= 11 is 1.45. The highest BCUT2D eigenvalue weighted by atomic mass is 32.2. The Labute approximate surface area is 204 Å². The van der Waals surface area contributed by atoms with Crippen molar-refractivity contribution < 1.29 is 9.59 Å². The Morgan fingerprint density at radius 2 is 1.41 bits per heavy atom. The van der Waals surface area contributed by atoms with Gasteiger partial charge in [0.2, 0.25) is 5.91 Å². The summed E-state index contributed by atoms with van der Waals surface area (Å²) in [6, 6.07) is 32.5. The molecule has 0 fully saturated rings. The highest BCUT2D eigenvalue weighted by molar-refractivity contribution is 8.00. The van der Waals surface area contributed by atoms with Gasteiger partial charge in [-0.25, -0.2) is 0 Å². The van der Waals surface area contributed by atoms with Gasteiger partial charge in [0.25, 0.3) is 5.91 Å². The van der Waals surface area contributed by atoms with Crippen molar-refractivity contribution in [2.45, 2.75) is 24.0 Å². The molecular formula is C29H26N2O2S. The van der Waals surface area contributed by atoms with Crippen LogP contribution in [-0.2, 0) is 4.79 Å². The van der Waals surface area contributed by atoms with Crippen molar-refractivity contribution in [1.82, 2.24) is 0 Å². The van der Waals surface area contributed by atoms with E-state index in [1.54, 1.807) is 6.07 Å². The van der Waals surface area contributed by atoms with Crippen molar-refractivity contribution in [2.75, 3.05) is 10.6 Å². The van der Waals surface area contributed by atoms with Gasteiger partial charge in [-0.2, -0.15) is 0 Å². The second-order valence-corrected chi connectivity index (χ2v) is 9.29. The van der Waals surface area contributed by atoms with Crippen molar-refractivity contribution in [3.63, 3.8) is 0 Å². The molecule has 2 N–H and O–H groups in total. The number of anilines is 2. The molecule has 4 aromatic rings. The van der Waals surface area contributed by atoms with Crippen LogP contribution in [0.15, 0.2) is 108 Å². The van der Waals surface area contributed by atoms with Gasteiger partial charge < -0.3 is 10.6 Å². The van der Waals surface area contributed by atoms with Crippen molar-refractivity contribution in [1.29, 1.82) is 0 Å². The zero-order valence-corrected chi connectivity index (χ0v) is 19.9. The molecule has 0 aromatic heterocycles. The Morgan fingerprint density at radius 3 is 2.15 bits per heavy atom. The van der Waals surface area contributed by atoms with Gasteiger partial charge in [-0.3, -0.25) is 9.59 Å². The number of hydrogen-bond acceptors (Lipinski definition) is 3. The van der Waals surface area contributed by atoms with E-state index in [2.05, 4.69) is 10.6 Å². The number of thioether (sulfide) groups is 1. The van der Waals surface area contributed by atoms with Gasteiger partial charge >= 0.3 is 0 Å². The minimum absolute atomic E-state index is 0.103. The molecule has 0 bridgehead atoms. The molecule has 0 spiro atoms. The smallest absolute Gasteiger partial charge is 0.255 e. The van der Waals surface area contributed by atoms with Gasteiger partial charge in [-0.1, -0.05) is 71.8 Å². The van der Waals surface area contributed by atoms with Crippen LogP contribution in [-0.4, -0.2) is 11.8 Å². The topological polar surface area (TPSA) is 58.2 Å². The van der Waals surface area contributed by atoms with Crippen molar-refractivity contribution in [3.8, 4) is 0 Å². The van der Waals surface area contributed by atoms with Crippen molar-refractivity contribution in [2.24, 2.45) is 0 Å². The van der Waals surface area contributed by atoms with E-state index in [-0.39, 0.29) is 11.8 Å². The van der Waals surface area contributed by atoms with Gasteiger partial charge in [0.15, 0.2) is 0 Å². The minimum atomic E-state index is -0.453. The van der Waals surface area contributed by atoms with Crippen LogP contribution < -0.4 is 10.6 Å². The van der Waals surface area contributed by atoms with E-state index < -0.39 is 5.25 Å². The van der Waals surface area contributed by atoms with E-state index in [1.807, 2.05) is 111 Å². The number of hydrogen-bond donors (Lipinski definition) is 2. The van der Waals surface area contributed by atoms with Crippen LogP contribution in [0.1, 0.15) is 32.3 Å². The fraction of sp³-hybridized carbons (Fsp3) is 0.103. The first-order chi connectivity index (χ1) is 16.5. The highest BCUT2D eigenvalue weighted by Gasteiger charge is 2.22. The monoisotopic (exact) mass is 466 g/mol. The maximum Gasteiger partial charge on any atom is 0.255 e. The third-order valence-electron chi connectivity index (χ3n) is 5.29. The molecule has 0 saturated heterocycles. The van der Waals surface area contributed by atoms with Gasteiger partial charge in [-0.05, 0) is 61.9 Å². The molecule has 34 heavy (non-hydrogen) atoms.